The summed E-state index contributed by atoms with van der Waals surface area (Å²) in [5.74, 6) is 0.541. The molecule has 0 aromatic heterocycles. The lowest BCUT2D eigenvalue weighted by Crippen LogP contribution is -2.35. The first-order chi connectivity index (χ1) is 16.5. The Kier molecular flexibility index (Phi) is 7.57. The van der Waals surface area contributed by atoms with Gasteiger partial charge in [-0.2, -0.15) is 0 Å². The Balaban J connectivity index is 2.32. The summed E-state index contributed by atoms with van der Waals surface area (Å²) in [4.78, 5) is 38.0. The molecule has 1 aliphatic carbocycles. The highest BCUT2D eigenvalue weighted by molar-refractivity contribution is 5.90. The van der Waals surface area contributed by atoms with Crippen LogP contribution in [0.25, 0.3) is 11.1 Å². The average molecular weight is 486 g/mol. The second-order valence-corrected chi connectivity index (χ2v) is 9.03. The molecule has 1 atom stereocenters. The molecular formula is C26H31NO8. The van der Waals surface area contributed by atoms with Crippen molar-refractivity contribution in [1.29, 1.82) is 0 Å². The van der Waals surface area contributed by atoms with Crippen LogP contribution >= 0.6 is 0 Å². The molecule has 188 valence electrons. The number of fused-ring (bicyclic) bond motifs is 3. The molecule has 0 spiro atoms. The number of methoxy groups -OCH3 is 4. The predicted molar refractivity (Wildman–Crippen MR) is 130 cm³/mol. The lowest BCUT2D eigenvalue weighted by molar-refractivity contribution is 0.0500. The maximum absolute atomic E-state index is 13.0. The maximum Gasteiger partial charge on any atom is 0.408 e. The van der Waals surface area contributed by atoms with E-state index in [1.165, 1.54) is 40.6 Å². The number of hydrogen-bond acceptors (Lipinski definition) is 8. The summed E-state index contributed by atoms with van der Waals surface area (Å²) in [6, 6.07) is 5.70. The van der Waals surface area contributed by atoms with Gasteiger partial charge in [0.25, 0.3) is 0 Å². The Bertz CT molecular complexity index is 1200. The fourth-order valence-corrected chi connectivity index (χ4v) is 4.19. The normalized spacial score (nSPS) is 14.5. The summed E-state index contributed by atoms with van der Waals surface area (Å²) in [5, 5.41) is 2.89. The van der Waals surface area contributed by atoms with Crippen molar-refractivity contribution >= 4 is 12.1 Å². The second-order valence-electron chi connectivity index (χ2n) is 9.03. The van der Waals surface area contributed by atoms with Gasteiger partial charge in [0.05, 0.1) is 34.5 Å². The molecule has 9 heteroatoms. The van der Waals surface area contributed by atoms with Crippen LogP contribution in [0.3, 0.4) is 0 Å². The van der Waals surface area contributed by atoms with Crippen LogP contribution in [0.15, 0.2) is 29.1 Å². The van der Waals surface area contributed by atoms with Crippen molar-refractivity contribution in [3.8, 4) is 28.4 Å². The van der Waals surface area contributed by atoms with Crippen molar-refractivity contribution in [2.24, 2.45) is 0 Å². The van der Waals surface area contributed by atoms with E-state index in [1.54, 1.807) is 26.8 Å². The van der Waals surface area contributed by atoms with Gasteiger partial charge in [-0.3, -0.25) is 4.79 Å². The van der Waals surface area contributed by atoms with Crippen LogP contribution in [0.2, 0.25) is 0 Å². The summed E-state index contributed by atoms with van der Waals surface area (Å²) in [5.41, 5.74) is 1.30. The van der Waals surface area contributed by atoms with Gasteiger partial charge in [-0.15, -0.1) is 0 Å². The van der Waals surface area contributed by atoms with Gasteiger partial charge in [-0.25, -0.2) is 9.59 Å². The zero-order valence-corrected chi connectivity index (χ0v) is 21.1. The van der Waals surface area contributed by atoms with Crippen molar-refractivity contribution in [3.05, 3.63) is 51.2 Å². The summed E-state index contributed by atoms with van der Waals surface area (Å²) >= 11 is 0. The molecule has 0 heterocycles. The molecule has 2 aromatic rings. The minimum Gasteiger partial charge on any atom is -0.493 e. The lowest BCUT2D eigenvalue weighted by Gasteiger charge is -2.23. The number of ether oxygens (including phenoxy) is 5. The van der Waals surface area contributed by atoms with E-state index in [0.29, 0.717) is 46.8 Å². The van der Waals surface area contributed by atoms with Crippen molar-refractivity contribution in [1.82, 2.24) is 5.32 Å². The molecule has 35 heavy (non-hydrogen) atoms. The Morgan fingerprint density at radius 2 is 1.66 bits per heavy atom. The number of rotatable bonds is 5. The Labute approximate surface area is 204 Å². The van der Waals surface area contributed by atoms with Crippen molar-refractivity contribution in [3.63, 3.8) is 0 Å². The van der Waals surface area contributed by atoms with Crippen molar-refractivity contribution in [2.45, 2.75) is 45.3 Å². The average Bonchev–Trinajstić information content (AvgIpc) is 3.05. The van der Waals surface area contributed by atoms with Gasteiger partial charge in [-0.1, -0.05) is 6.07 Å². The van der Waals surface area contributed by atoms with Crippen LogP contribution in [0.4, 0.5) is 4.79 Å². The number of benzene rings is 1. The van der Waals surface area contributed by atoms with Gasteiger partial charge < -0.3 is 29.0 Å². The summed E-state index contributed by atoms with van der Waals surface area (Å²) in [6.45, 7) is 5.31. The third-order valence-corrected chi connectivity index (χ3v) is 5.63. The molecule has 0 radical (unpaired) electrons. The molecule has 9 nitrogen and oxygen atoms in total. The van der Waals surface area contributed by atoms with E-state index in [1.807, 2.05) is 6.07 Å². The Morgan fingerprint density at radius 3 is 2.23 bits per heavy atom. The van der Waals surface area contributed by atoms with Crippen LogP contribution in [-0.4, -0.2) is 46.1 Å². The van der Waals surface area contributed by atoms with Crippen LogP contribution in [-0.2, 0) is 15.9 Å². The zero-order valence-electron chi connectivity index (χ0n) is 21.1. The number of nitrogens with one attached hydrogen (secondary N) is 1. The molecule has 1 amide bonds. The molecule has 3 rings (SSSR count). The van der Waals surface area contributed by atoms with Gasteiger partial charge >= 0.3 is 12.1 Å². The van der Waals surface area contributed by atoms with Gasteiger partial charge in [0.2, 0.25) is 5.75 Å². The highest BCUT2D eigenvalue weighted by Gasteiger charge is 2.31. The van der Waals surface area contributed by atoms with Gasteiger partial charge in [-0.05, 0) is 68.5 Å². The minimum atomic E-state index is -0.753. The molecule has 0 saturated carbocycles. The highest BCUT2D eigenvalue weighted by Crippen LogP contribution is 2.50. The first-order valence-corrected chi connectivity index (χ1v) is 11.1. The number of carbonyl (C=O) groups is 2. The van der Waals surface area contributed by atoms with E-state index in [4.69, 9.17) is 23.7 Å². The van der Waals surface area contributed by atoms with E-state index < -0.39 is 29.1 Å². The number of carbonyl (C=O) groups excluding carboxylic acids is 2. The zero-order chi connectivity index (χ0) is 25.9. The Hall–Kier alpha value is -3.75. The number of hydrogen-bond donors (Lipinski definition) is 1. The van der Waals surface area contributed by atoms with Crippen LogP contribution < -0.4 is 25.0 Å². The van der Waals surface area contributed by atoms with E-state index in [0.717, 1.165) is 5.56 Å². The lowest BCUT2D eigenvalue weighted by atomic mass is 9.95. The first-order valence-electron chi connectivity index (χ1n) is 11.1. The minimum absolute atomic E-state index is 0.127. The SMILES string of the molecule is COC(=O)c1ccc2c(cc1=O)[C@@H](NC(=O)OC(C)(C)C)CCc1cc(OC)c(OC)c(OC)c1-2. The quantitative estimate of drug-likeness (QED) is 0.632. The van der Waals surface area contributed by atoms with E-state index in [2.05, 4.69) is 5.32 Å². The number of aryl methyl sites for hydroxylation is 1. The summed E-state index contributed by atoms with van der Waals surface area (Å²) < 4.78 is 27.1. The monoisotopic (exact) mass is 485 g/mol. The number of alkyl carbamates (subject to hydrolysis) is 1. The van der Waals surface area contributed by atoms with Gasteiger partial charge in [0.1, 0.15) is 11.2 Å². The molecule has 0 unspecified atom stereocenters. The maximum atomic E-state index is 13.0. The molecule has 2 aromatic carbocycles. The van der Waals surface area contributed by atoms with E-state index in [-0.39, 0.29) is 5.56 Å². The third-order valence-electron chi connectivity index (χ3n) is 5.63. The van der Waals surface area contributed by atoms with Crippen molar-refractivity contribution < 1.29 is 33.3 Å². The number of amides is 1. The molecular weight excluding hydrogens is 454 g/mol. The second kappa shape index (κ2) is 10.2. The molecule has 0 fully saturated rings. The smallest absolute Gasteiger partial charge is 0.408 e. The first kappa shape index (κ1) is 25.9. The third kappa shape index (κ3) is 5.34. The fourth-order valence-electron chi connectivity index (χ4n) is 4.19. The van der Waals surface area contributed by atoms with Crippen LogP contribution in [0, 0.1) is 0 Å². The molecule has 0 aliphatic heterocycles. The van der Waals surface area contributed by atoms with Crippen molar-refractivity contribution in [2.75, 3.05) is 28.4 Å². The Morgan fingerprint density at radius 1 is 0.971 bits per heavy atom. The fraction of sp³-hybridized carbons (Fsp3) is 0.423. The van der Waals surface area contributed by atoms with E-state index >= 15 is 0 Å². The largest absolute Gasteiger partial charge is 0.493 e. The van der Waals surface area contributed by atoms with Gasteiger partial charge in [0.15, 0.2) is 16.9 Å². The topological polar surface area (TPSA) is 109 Å². The standard InChI is InChI=1S/C26H31NO8/c1-26(2,3)35-25(30)27-18-11-8-14-12-20(31-4)22(32-5)23(33-6)21(14)15-9-10-16(24(29)34-7)19(28)13-17(15)18/h9-10,12-13,18H,8,11H2,1-7H3,(H,27,30)/t18-/m0/s1. The van der Waals surface area contributed by atoms with Crippen LogP contribution in [0.1, 0.15) is 54.7 Å². The van der Waals surface area contributed by atoms with E-state index in [9.17, 15) is 14.4 Å². The molecule has 0 bridgehead atoms. The summed E-state index contributed by atoms with van der Waals surface area (Å²) in [6.07, 6.45) is 0.367. The number of esters is 1. The molecule has 0 saturated heterocycles. The van der Waals surface area contributed by atoms with Gasteiger partial charge in [0, 0.05) is 5.56 Å². The van der Waals surface area contributed by atoms with Crippen LogP contribution in [0.5, 0.6) is 17.2 Å². The summed E-state index contributed by atoms with van der Waals surface area (Å²) in [7, 11) is 5.77. The predicted octanol–water partition coefficient (Wildman–Crippen LogP) is 4.04. The molecule has 1 N–H and O–H groups in total. The molecule has 1 aliphatic rings. The highest BCUT2D eigenvalue weighted by atomic mass is 16.6.